The number of anilines is 2. The van der Waals surface area contributed by atoms with Gasteiger partial charge in [-0.05, 0) is 35.7 Å². The molecule has 5 N–H and O–H groups in total. The van der Waals surface area contributed by atoms with E-state index in [0.29, 0.717) is 39.0 Å². The first kappa shape index (κ1) is 15.6. The number of nitrogens with two attached hydrogens (primary N) is 1. The van der Waals surface area contributed by atoms with Gasteiger partial charge in [0.1, 0.15) is 0 Å². The van der Waals surface area contributed by atoms with Gasteiger partial charge in [-0.25, -0.2) is 9.78 Å². The van der Waals surface area contributed by atoms with Crippen LogP contribution in [0, 0.1) is 0 Å². The molecule has 128 valence electrons. The van der Waals surface area contributed by atoms with Crippen LogP contribution in [0.2, 0.25) is 0 Å². The molecular weight excluding hydrogens is 332 g/mol. The van der Waals surface area contributed by atoms with Gasteiger partial charge in [0.25, 0.3) is 5.91 Å². The first-order valence-electron chi connectivity index (χ1n) is 7.84. The Morgan fingerprint density at radius 2 is 1.77 bits per heavy atom. The molecule has 1 aromatic heterocycles. The molecule has 0 aliphatic rings. The van der Waals surface area contributed by atoms with Crippen molar-refractivity contribution in [1.29, 1.82) is 0 Å². The van der Waals surface area contributed by atoms with Crippen molar-refractivity contribution in [2.45, 2.75) is 0 Å². The lowest BCUT2D eigenvalue weighted by molar-refractivity contribution is 0.0699. The number of benzene rings is 3. The summed E-state index contributed by atoms with van der Waals surface area (Å²) in [7, 11) is 0. The average Bonchev–Trinajstić information content (AvgIpc) is 2.99. The number of aromatic carboxylic acids is 1. The molecule has 0 saturated carbocycles. The van der Waals surface area contributed by atoms with Gasteiger partial charge in [0, 0.05) is 16.6 Å². The Morgan fingerprint density at radius 1 is 1.04 bits per heavy atom. The summed E-state index contributed by atoms with van der Waals surface area (Å²) in [5.41, 5.74) is 7.96. The molecule has 7 nitrogen and oxygen atoms in total. The van der Waals surface area contributed by atoms with E-state index in [1.54, 1.807) is 48.5 Å². The molecule has 0 atom stereocenters. The van der Waals surface area contributed by atoms with Crippen molar-refractivity contribution in [1.82, 2.24) is 9.97 Å². The molecule has 0 spiro atoms. The molecule has 0 aliphatic carbocycles. The first-order chi connectivity index (χ1) is 12.5. The third-order valence-corrected chi connectivity index (χ3v) is 4.14. The maximum Gasteiger partial charge on any atom is 0.336 e. The van der Waals surface area contributed by atoms with Gasteiger partial charge >= 0.3 is 5.97 Å². The second-order valence-corrected chi connectivity index (χ2v) is 5.82. The van der Waals surface area contributed by atoms with Gasteiger partial charge < -0.3 is 21.1 Å². The van der Waals surface area contributed by atoms with Gasteiger partial charge in [-0.3, -0.25) is 4.79 Å². The predicted octanol–water partition coefficient (Wildman–Crippen LogP) is 3.25. The van der Waals surface area contributed by atoms with E-state index in [0.717, 1.165) is 0 Å². The third-order valence-electron chi connectivity index (χ3n) is 4.14. The van der Waals surface area contributed by atoms with E-state index in [1.165, 1.54) is 6.07 Å². The first-order valence-corrected chi connectivity index (χ1v) is 7.84. The molecule has 0 saturated heterocycles. The van der Waals surface area contributed by atoms with E-state index in [-0.39, 0.29) is 5.56 Å². The number of carbonyl (C=O) groups excluding carboxylic acids is 1. The molecule has 0 bridgehead atoms. The van der Waals surface area contributed by atoms with Crippen molar-refractivity contribution < 1.29 is 14.7 Å². The number of fused-ring (bicyclic) bond motifs is 2. The van der Waals surface area contributed by atoms with E-state index in [9.17, 15) is 14.7 Å². The van der Waals surface area contributed by atoms with Crippen molar-refractivity contribution in [2.24, 2.45) is 0 Å². The van der Waals surface area contributed by atoms with Crippen LogP contribution in [0.3, 0.4) is 0 Å². The normalized spacial score (nSPS) is 10.9. The highest BCUT2D eigenvalue weighted by Gasteiger charge is 2.16. The number of rotatable bonds is 3. The summed E-state index contributed by atoms with van der Waals surface area (Å²) >= 11 is 0. The number of H-pyrrole nitrogens is 1. The number of carboxylic acid groups (broad SMARTS) is 1. The van der Waals surface area contributed by atoms with Crippen LogP contribution in [0.25, 0.3) is 21.8 Å². The SMILES string of the molecule is Nc1nc2ccc(NC(=O)c3cccc4cccc(C(=O)O)c34)cc2[nH]1. The van der Waals surface area contributed by atoms with Crippen LogP contribution < -0.4 is 11.1 Å². The smallest absolute Gasteiger partial charge is 0.336 e. The molecule has 1 amide bonds. The second-order valence-electron chi connectivity index (χ2n) is 5.82. The van der Waals surface area contributed by atoms with Crippen LogP contribution in [0.5, 0.6) is 0 Å². The number of nitrogen functional groups attached to an aromatic ring is 1. The van der Waals surface area contributed by atoms with Crippen LogP contribution in [0.15, 0.2) is 54.6 Å². The second kappa shape index (κ2) is 5.89. The van der Waals surface area contributed by atoms with E-state index in [2.05, 4.69) is 15.3 Å². The van der Waals surface area contributed by atoms with Gasteiger partial charge in [0.05, 0.1) is 16.6 Å². The monoisotopic (exact) mass is 346 g/mol. The molecule has 0 unspecified atom stereocenters. The minimum Gasteiger partial charge on any atom is -0.478 e. The highest BCUT2D eigenvalue weighted by Crippen LogP contribution is 2.25. The summed E-state index contributed by atoms with van der Waals surface area (Å²) in [5, 5.41) is 13.3. The van der Waals surface area contributed by atoms with Crippen molar-refractivity contribution in [3.05, 3.63) is 65.7 Å². The van der Waals surface area contributed by atoms with E-state index in [4.69, 9.17) is 5.73 Å². The standard InChI is InChI=1S/C19H14N4O3/c20-19-22-14-8-7-11(9-15(14)23-19)21-17(24)12-5-1-3-10-4-2-6-13(16(10)12)18(25)26/h1-9H,(H,21,24)(H,25,26)(H3,20,22,23). The Bertz CT molecular complexity index is 1170. The zero-order valence-corrected chi connectivity index (χ0v) is 13.5. The largest absolute Gasteiger partial charge is 0.478 e. The fourth-order valence-electron chi connectivity index (χ4n) is 3.01. The van der Waals surface area contributed by atoms with Crippen molar-refractivity contribution in [2.75, 3.05) is 11.1 Å². The molecule has 7 heteroatoms. The summed E-state index contributed by atoms with van der Waals surface area (Å²) in [6.07, 6.45) is 0. The number of amides is 1. The Balaban J connectivity index is 1.76. The number of carbonyl (C=O) groups is 2. The molecule has 0 aliphatic heterocycles. The molecular formula is C19H14N4O3. The third kappa shape index (κ3) is 2.61. The zero-order valence-electron chi connectivity index (χ0n) is 13.5. The minimum absolute atomic E-state index is 0.0880. The van der Waals surface area contributed by atoms with Crippen LogP contribution in [-0.2, 0) is 0 Å². The van der Waals surface area contributed by atoms with Crippen LogP contribution in [-0.4, -0.2) is 27.0 Å². The number of nitrogens with zero attached hydrogens (tertiary/aromatic N) is 1. The quantitative estimate of drug-likeness (QED) is 0.454. The summed E-state index contributed by atoms with van der Waals surface area (Å²) in [4.78, 5) is 31.3. The van der Waals surface area contributed by atoms with Gasteiger partial charge in [-0.1, -0.05) is 24.3 Å². The van der Waals surface area contributed by atoms with Crippen LogP contribution in [0.1, 0.15) is 20.7 Å². The number of hydrogen-bond acceptors (Lipinski definition) is 4. The number of aromatic nitrogens is 2. The van der Waals surface area contributed by atoms with Crippen LogP contribution >= 0.6 is 0 Å². The predicted molar refractivity (Wildman–Crippen MR) is 99.4 cm³/mol. The summed E-state index contributed by atoms with van der Waals surface area (Å²) in [5.74, 6) is -1.18. The van der Waals surface area contributed by atoms with E-state index < -0.39 is 11.9 Å². The maximum atomic E-state index is 12.8. The van der Waals surface area contributed by atoms with Crippen molar-refractivity contribution >= 4 is 45.3 Å². The van der Waals surface area contributed by atoms with Crippen molar-refractivity contribution in [3.63, 3.8) is 0 Å². The van der Waals surface area contributed by atoms with Gasteiger partial charge in [-0.15, -0.1) is 0 Å². The summed E-state index contributed by atoms with van der Waals surface area (Å²) in [6, 6.07) is 15.2. The number of aromatic amines is 1. The number of nitrogens with one attached hydrogen (secondary N) is 2. The summed E-state index contributed by atoms with van der Waals surface area (Å²) in [6.45, 7) is 0. The molecule has 1 heterocycles. The van der Waals surface area contributed by atoms with Gasteiger partial charge in [0.15, 0.2) is 5.95 Å². The Morgan fingerprint density at radius 3 is 2.50 bits per heavy atom. The minimum atomic E-state index is -1.08. The molecule has 4 aromatic rings. The molecule has 3 aromatic carbocycles. The number of hydrogen-bond donors (Lipinski definition) is 4. The fraction of sp³-hybridized carbons (Fsp3) is 0. The lowest BCUT2D eigenvalue weighted by Crippen LogP contribution is -2.13. The lowest BCUT2D eigenvalue weighted by atomic mass is 9.98. The highest BCUT2D eigenvalue weighted by atomic mass is 16.4. The Kier molecular flexibility index (Phi) is 3.54. The molecule has 0 radical (unpaired) electrons. The Labute approximate surface area is 147 Å². The van der Waals surface area contributed by atoms with Crippen LogP contribution in [0.4, 0.5) is 11.6 Å². The molecule has 26 heavy (non-hydrogen) atoms. The summed E-state index contributed by atoms with van der Waals surface area (Å²) < 4.78 is 0. The van der Waals surface area contributed by atoms with E-state index in [1.807, 2.05) is 0 Å². The topological polar surface area (TPSA) is 121 Å². The Hall–Kier alpha value is -3.87. The van der Waals surface area contributed by atoms with Gasteiger partial charge in [-0.2, -0.15) is 0 Å². The highest BCUT2D eigenvalue weighted by molar-refractivity contribution is 6.17. The average molecular weight is 346 g/mol. The maximum absolute atomic E-state index is 12.8. The number of imidazole rings is 1. The van der Waals surface area contributed by atoms with E-state index >= 15 is 0 Å². The van der Waals surface area contributed by atoms with Gasteiger partial charge in [0.2, 0.25) is 0 Å². The fourth-order valence-corrected chi connectivity index (χ4v) is 3.01. The molecule has 0 fully saturated rings. The number of carboxylic acids is 1. The van der Waals surface area contributed by atoms with Crippen molar-refractivity contribution in [3.8, 4) is 0 Å². The zero-order chi connectivity index (χ0) is 18.3. The molecule has 4 rings (SSSR count). The lowest BCUT2D eigenvalue weighted by Gasteiger charge is -2.10.